The topological polar surface area (TPSA) is 34.7 Å². The number of benzene rings is 1. The maximum atomic E-state index is 5.37. The first kappa shape index (κ1) is 27.2. The first-order valence-corrected chi connectivity index (χ1v) is 13.5. The van der Waals surface area contributed by atoms with E-state index in [-0.39, 0.29) is 0 Å². The minimum Gasteiger partial charge on any atom is -0.492 e. The van der Waals surface area contributed by atoms with E-state index in [0.717, 1.165) is 23.6 Å². The van der Waals surface area contributed by atoms with Gasteiger partial charge in [-0.25, -0.2) is 0 Å². The number of methoxy groups -OCH3 is 1. The van der Waals surface area contributed by atoms with Crippen LogP contribution in [0.3, 0.4) is 0 Å². The van der Waals surface area contributed by atoms with Crippen molar-refractivity contribution in [1.82, 2.24) is 0 Å². The molecule has 2 rings (SSSR count). The van der Waals surface area contributed by atoms with Gasteiger partial charge in [0.25, 0.3) is 0 Å². The number of aryl methyl sites for hydroxylation is 2. The molecule has 0 aliphatic carbocycles. The van der Waals surface area contributed by atoms with Crippen molar-refractivity contribution in [3.05, 3.63) is 53.5 Å². The molecule has 0 amide bonds. The summed E-state index contributed by atoms with van der Waals surface area (Å²) in [5.74, 6) is 1.61. The van der Waals surface area contributed by atoms with Crippen molar-refractivity contribution < 1.29 is 9.15 Å². The van der Waals surface area contributed by atoms with Gasteiger partial charge in [-0.3, -0.25) is 4.99 Å². The number of furan rings is 1. The van der Waals surface area contributed by atoms with Crippen LogP contribution in [0.25, 0.3) is 0 Å². The molecule has 3 heteroatoms. The summed E-state index contributed by atoms with van der Waals surface area (Å²) >= 11 is 0. The fraction of sp³-hybridized carbons (Fsp3) is 0.633. The number of hydrogen-bond acceptors (Lipinski definition) is 3. The van der Waals surface area contributed by atoms with Crippen molar-refractivity contribution in [2.45, 2.75) is 110 Å². The summed E-state index contributed by atoms with van der Waals surface area (Å²) in [5.41, 5.74) is 2.43. The summed E-state index contributed by atoms with van der Waals surface area (Å²) in [6, 6.07) is 10.9. The second-order valence-electron chi connectivity index (χ2n) is 9.35. The van der Waals surface area contributed by atoms with E-state index in [0.29, 0.717) is 0 Å². The largest absolute Gasteiger partial charge is 0.492 e. The number of nitrogens with zero attached hydrogens (tertiary/aromatic N) is 1. The summed E-state index contributed by atoms with van der Waals surface area (Å²) in [4.78, 5) is 4.51. The van der Waals surface area contributed by atoms with E-state index in [2.05, 4.69) is 35.3 Å². The highest BCUT2D eigenvalue weighted by molar-refractivity contribution is 5.83. The molecule has 0 spiro atoms. The SMILES string of the molecule is COc1c(C=NCCCCCCCCCCCCCCCCCc2ccccc2)coc1C. The van der Waals surface area contributed by atoms with Gasteiger partial charge in [-0.2, -0.15) is 0 Å². The zero-order valence-corrected chi connectivity index (χ0v) is 21.3. The van der Waals surface area contributed by atoms with Gasteiger partial charge in [0, 0.05) is 12.8 Å². The number of hydrogen-bond donors (Lipinski definition) is 0. The number of ether oxygens (including phenoxy) is 1. The highest BCUT2D eigenvalue weighted by atomic mass is 16.5. The van der Waals surface area contributed by atoms with Crippen molar-refractivity contribution in [2.75, 3.05) is 13.7 Å². The Morgan fingerprint density at radius 2 is 1.24 bits per heavy atom. The molecule has 2 aromatic rings. The second-order valence-corrected chi connectivity index (χ2v) is 9.35. The smallest absolute Gasteiger partial charge is 0.168 e. The lowest BCUT2D eigenvalue weighted by Gasteiger charge is -2.04. The molecule has 0 atom stereocenters. The van der Waals surface area contributed by atoms with Gasteiger partial charge in [0.1, 0.15) is 12.0 Å². The molecule has 33 heavy (non-hydrogen) atoms. The maximum Gasteiger partial charge on any atom is 0.168 e. The molecule has 0 saturated heterocycles. The van der Waals surface area contributed by atoms with Gasteiger partial charge < -0.3 is 9.15 Å². The summed E-state index contributed by atoms with van der Waals surface area (Å²) in [6.45, 7) is 2.80. The quantitative estimate of drug-likeness (QED) is 0.148. The molecule has 0 N–H and O–H groups in total. The molecule has 0 bridgehead atoms. The summed E-state index contributed by atoms with van der Waals surface area (Å²) in [5, 5.41) is 0. The molecule has 1 heterocycles. The molecule has 3 nitrogen and oxygen atoms in total. The van der Waals surface area contributed by atoms with Crippen LogP contribution in [0.1, 0.15) is 113 Å². The Kier molecular flexibility index (Phi) is 15.2. The molecule has 184 valence electrons. The first-order chi connectivity index (χ1) is 16.3. The molecule has 0 unspecified atom stereocenters. The Morgan fingerprint density at radius 3 is 1.79 bits per heavy atom. The Morgan fingerprint density at radius 1 is 0.727 bits per heavy atom. The molecule has 0 aliphatic heterocycles. The fourth-order valence-corrected chi connectivity index (χ4v) is 4.45. The summed E-state index contributed by atoms with van der Waals surface area (Å²) in [7, 11) is 1.67. The number of aliphatic imine (C=N–C) groups is 1. The monoisotopic (exact) mass is 453 g/mol. The Balaban J connectivity index is 1.27. The Bertz CT molecular complexity index is 735. The zero-order chi connectivity index (χ0) is 23.4. The van der Waals surface area contributed by atoms with E-state index in [1.807, 2.05) is 13.1 Å². The van der Waals surface area contributed by atoms with E-state index in [1.165, 1.54) is 108 Å². The van der Waals surface area contributed by atoms with E-state index in [4.69, 9.17) is 9.15 Å². The summed E-state index contributed by atoms with van der Waals surface area (Å²) < 4.78 is 10.7. The van der Waals surface area contributed by atoms with Crippen LogP contribution in [-0.4, -0.2) is 19.9 Å². The molecule has 1 aromatic carbocycles. The van der Waals surface area contributed by atoms with Crippen LogP contribution >= 0.6 is 0 Å². The second kappa shape index (κ2) is 18.4. The van der Waals surface area contributed by atoms with Crippen LogP contribution in [0.15, 0.2) is 46.0 Å². The predicted octanol–water partition coefficient (Wildman–Crippen LogP) is 9.11. The average Bonchev–Trinajstić information content (AvgIpc) is 3.20. The first-order valence-electron chi connectivity index (χ1n) is 13.5. The van der Waals surface area contributed by atoms with Crippen LogP contribution in [0.2, 0.25) is 0 Å². The molecule has 0 fully saturated rings. The van der Waals surface area contributed by atoms with Crippen molar-refractivity contribution >= 4 is 6.21 Å². The van der Waals surface area contributed by atoms with Gasteiger partial charge in [-0.1, -0.05) is 114 Å². The van der Waals surface area contributed by atoms with Gasteiger partial charge in [0.05, 0.1) is 12.7 Å². The molecular formula is C30H47NO2. The van der Waals surface area contributed by atoms with E-state index in [1.54, 1.807) is 13.4 Å². The Labute approximate surface area is 203 Å². The number of unbranched alkanes of at least 4 members (excludes halogenated alkanes) is 14. The molecule has 1 aromatic heterocycles. The van der Waals surface area contributed by atoms with Crippen LogP contribution in [0.4, 0.5) is 0 Å². The normalized spacial score (nSPS) is 11.5. The highest BCUT2D eigenvalue weighted by Gasteiger charge is 2.07. The lowest BCUT2D eigenvalue weighted by Crippen LogP contribution is -1.89. The van der Waals surface area contributed by atoms with Crippen LogP contribution < -0.4 is 4.74 Å². The van der Waals surface area contributed by atoms with Gasteiger partial charge in [0.2, 0.25) is 0 Å². The van der Waals surface area contributed by atoms with Crippen molar-refractivity contribution in [3.8, 4) is 5.75 Å². The van der Waals surface area contributed by atoms with E-state index < -0.39 is 0 Å². The lowest BCUT2D eigenvalue weighted by molar-refractivity contribution is 0.397. The summed E-state index contributed by atoms with van der Waals surface area (Å²) in [6.07, 6.45) is 25.5. The van der Waals surface area contributed by atoms with Gasteiger partial charge in [-0.15, -0.1) is 0 Å². The van der Waals surface area contributed by atoms with Crippen LogP contribution in [0.5, 0.6) is 5.75 Å². The maximum absolute atomic E-state index is 5.37. The molecular weight excluding hydrogens is 406 g/mol. The van der Waals surface area contributed by atoms with Gasteiger partial charge >= 0.3 is 0 Å². The van der Waals surface area contributed by atoms with Crippen LogP contribution in [-0.2, 0) is 6.42 Å². The van der Waals surface area contributed by atoms with Gasteiger partial charge in [-0.05, 0) is 31.7 Å². The predicted molar refractivity (Wildman–Crippen MR) is 142 cm³/mol. The lowest BCUT2D eigenvalue weighted by atomic mass is 10.0. The average molecular weight is 454 g/mol. The molecule has 0 saturated carbocycles. The zero-order valence-electron chi connectivity index (χ0n) is 21.3. The third-order valence-electron chi connectivity index (χ3n) is 6.47. The van der Waals surface area contributed by atoms with Crippen LogP contribution in [0, 0.1) is 6.92 Å². The van der Waals surface area contributed by atoms with Gasteiger partial charge in [0.15, 0.2) is 5.75 Å². The highest BCUT2D eigenvalue weighted by Crippen LogP contribution is 2.23. The van der Waals surface area contributed by atoms with Crippen molar-refractivity contribution in [2.24, 2.45) is 4.99 Å². The van der Waals surface area contributed by atoms with Crippen molar-refractivity contribution in [1.29, 1.82) is 0 Å². The molecule has 0 radical (unpaired) electrons. The van der Waals surface area contributed by atoms with Crippen molar-refractivity contribution in [3.63, 3.8) is 0 Å². The fourth-order valence-electron chi connectivity index (χ4n) is 4.45. The van der Waals surface area contributed by atoms with E-state index >= 15 is 0 Å². The molecule has 0 aliphatic rings. The van der Waals surface area contributed by atoms with E-state index in [9.17, 15) is 0 Å². The third-order valence-corrected chi connectivity index (χ3v) is 6.47. The third kappa shape index (κ3) is 12.7. The number of rotatable bonds is 20. The Hall–Kier alpha value is -2.03. The minimum atomic E-state index is 0.799. The standard InChI is InChI=1S/C30H47NO2/c1-27-30(32-2)29(26-33-27)25-31-24-20-15-13-11-9-7-5-3-4-6-8-10-12-14-17-21-28-22-18-16-19-23-28/h16,18-19,22-23,25-26H,3-15,17,20-21,24H2,1-2H3. The minimum absolute atomic E-state index is 0.799.